The maximum absolute atomic E-state index is 12.3. The summed E-state index contributed by atoms with van der Waals surface area (Å²) in [7, 11) is -0.973. The number of halogens is 1. The average Bonchev–Trinajstić information content (AvgIpc) is 2.54. The number of hydrogen-bond donors (Lipinski definition) is 1. The maximum Gasteiger partial charge on any atom is 0.0626 e. The minimum absolute atomic E-state index is 0.148. The highest BCUT2D eigenvalue weighted by molar-refractivity contribution is 7.86. The Morgan fingerprint density at radius 3 is 2.81 bits per heavy atom. The van der Waals surface area contributed by atoms with Crippen LogP contribution in [0.25, 0.3) is 0 Å². The third-order valence-electron chi connectivity index (χ3n) is 3.01. The molecule has 3 unspecified atom stereocenters. The number of fused-ring (bicyclic) bond motifs is 1. The molecule has 88 valence electrons. The Morgan fingerprint density at radius 1 is 1.44 bits per heavy atom. The fourth-order valence-electron chi connectivity index (χ4n) is 2.31. The lowest BCUT2D eigenvalue weighted by molar-refractivity contribution is 0.521. The fourth-order valence-corrected chi connectivity index (χ4v) is 4.50. The molecule has 1 aromatic rings. The summed E-state index contributed by atoms with van der Waals surface area (Å²) >= 11 is 6.13. The van der Waals surface area contributed by atoms with E-state index in [0.29, 0.717) is 5.02 Å². The van der Waals surface area contributed by atoms with Crippen molar-refractivity contribution in [3.63, 3.8) is 0 Å². The van der Waals surface area contributed by atoms with Crippen molar-refractivity contribution in [2.75, 3.05) is 6.54 Å². The van der Waals surface area contributed by atoms with E-state index >= 15 is 0 Å². The zero-order valence-electron chi connectivity index (χ0n) is 9.50. The second-order valence-corrected chi connectivity index (χ2v) is 5.95. The Balaban J connectivity index is 2.49. The molecule has 0 aromatic heterocycles. The van der Waals surface area contributed by atoms with Crippen molar-refractivity contribution < 1.29 is 4.21 Å². The monoisotopic (exact) mass is 257 g/mol. The molecule has 0 saturated carbocycles. The Bertz CT molecular complexity index is 421. The number of rotatable bonds is 3. The molecule has 0 saturated heterocycles. The van der Waals surface area contributed by atoms with Gasteiger partial charge in [0.2, 0.25) is 0 Å². The van der Waals surface area contributed by atoms with Crippen molar-refractivity contribution in [1.82, 2.24) is 5.32 Å². The van der Waals surface area contributed by atoms with Gasteiger partial charge in [-0.3, -0.25) is 4.21 Å². The lowest BCUT2D eigenvalue weighted by atomic mass is 10.0. The molecule has 16 heavy (non-hydrogen) atoms. The van der Waals surface area contributed by atoms with Crippen LogP contribution in [0.1, 0.15) is 31.9 Å². The van der Waals surface area contributed by atoms with E-state index < -0.39 is 10.8 Å². The molecule has 2 nitrogen and oxygen atoms in total. The van der Waals surface area contributed by atoms with Crippen LogP contribution in [0, 0.1) is 0 Å². The second-order valence-electron chi connectivity index (χ2n) is 3.94. The van der Waals surface area contributed by atoms with Gasteiger partial charge in [0, 0.05) is 6.04 Å². The minimum atomic E-state index is -0.973. The largest absolute Gasteiger partial charge is 0.309 e. The standard InChI is InChI=1S/C12H16ClNOS/c1-3-10-11(14-4-2)8-6-5-7-9(13)12(8)16(10)15/h5-7,10-11,14H,3-4H2,1-2H3. The Kier molecular flexibility index (Phi) is 3.67. The second kappa shape index (κ2) is 4.86. The SMILES string of the molecule is CCNC1c2cccc(Cl)c2S(=O)C1CC. The lowest BCUT2D eigenvalue weighted by Gasteiger charge is -2.18. The van der Waals surface area contributed by atoms with Crippen LogP contribution in [-0.4, -0.2) is 16.0 Å². The molecule has 1 aliphatic heterocycles. The van der Waals surface area contributed by atoms with Gasteiger partial charge >= 0.3 is 0 Å². The van der Waals surface area contributed by atoms with Gasteiger partial charge in [-0.05, 0) is 24.6 Å². The van der Waals surface area contributed by atoms with Crippen molar-refractivity contribution in [3.05, 3.63) is 28.8 Å². The van der Waals surface area contributed by atoms with Gasteiger partial charge in [0.1, 0.15) is 0 Å². The highest BCUT2D eigenvalue weighted by Crippen LogP contribution is 2.41. The summed E-state index contributed by atoms with van der Waals surface area (Å²) in [4.78, 5) is 0.835. The van der Waals surface area contributed by atoms with Crippen molar-refractivity contribution >= 4 is 22.4 Å². The molecule has 0 fully saturated rings. The van der Waals surface area contributed by atoms with Gasteiger partial charge in [0.25, 0.3) is 0 Å². The first-order valence-electron chi connectivity index (χ1n) is 5.63. The van der Waals surface area contributed by atoms with Crippen LogP contribution >= 0.6 is 11.6 Å². The van der Waals surface area contributed by atoms with E-state index in [1.165, 1.54) is 0 Å². The van der Waals surface area contributed by atoms with E-state index in [1.807, 2.05) is 18.2 Å². The van der Waals surface area contributed by atoms with E-state index in [2.05, 4.69) is 19.2 Å². The summed E-state index contributed by atoms with van der Waals surface area (Å²) in [6.45, 7) is 5.02. The van der Waals surface area contributed by atoms with Crippen LogP contribution < -0.4 is 5.32 Å². The van der Waals surface area contributed by atoms with Gasteiger partial charge in [-0.1, -0.05) is 37.6 Å². The van der Waals surface area contributed by atoms with Crippen LogP contribution in [0.5, 0.6) is 0 Å². The highest BCUT2D eigenvalue weighted by atomic mass is 35.5. The number of nitrogens with one attached hydrogen (secondary N) is 1. The number of hydrogen-bond acceptors (Lipinski definition) is 2. The molecule has 1 aliphatic rings. The third-order valence-corrected chi connectivity index (χ3v) is 5.45. The molecule has 0 spiro atoms. The van der Waals surface area contributed by atoms with Gasteiger partial charge in [-0.15, -0.1) is 0 Å². The fraction of sp³-hybridized carbons (Fsp3) is 0.500. The first kappa shape index (κ1) is 12.1. The highest BCUT2D eigenvalue weighted by Gasteiger charge is 2.38. The molecular weight excluding hydrogens is 242 g/mol. The summed E-state index contributed by atoms with van der Waals surface area (Å²) in [5.41, 5.74) is 1.11. The molecular formula is C12H16ClNOS. The zero-order valence-corrected chi connectivity index (χ0v) is 11.1. The van der Waals surface area contributed by atoms with Crippen molar-refractivity contribution in [1.29, 1.82) is 0 Å². The predicted octanol–water partition coefficient (Wildman–Crippen LogP) is 2.89. The molecule has 0 amide bonds. The van der Waals surface area contributed by atoms with Gasteiger partial charge in [0.05, 0.1) is 26.0 Å². The van der Waals surface area contributed by atoms with E-state index in [9.17, 15) is 4.21 Å². The summed E-state index contributed by atoms with van der Waals surface area (Å²) in [5, 5.41) is 4.19. The summed E-state index contributed by atoms with van der Waals surface area (Å²) < 4.78 is 12.3. The minimum Gasteiger partial charge on any atom is -0.309 e. The zero-order chi connectivity index (χ0) is 11.7. The van der Waals surface area contributed by atoms with Crippen molar-refractivity contribution in [2.45, 2.75) is 36.5 Å². The first-order chi connectivity index (χ1) is 7.70. The molecule has 0 radical (unpaired) electrons. The lowest BCUT2D eigenvalue weighted by Crippen LogP contribution is -2.29. The molecule has 1 N–H and O–H groups in total. The Morgan fingerprint density at radius 2 is 2.19 bits per heavy atom. The topological polar surface area (TPSA) is 29.1 Å². The van der Waals surface area contributed by atoms with Crippen LogP contribution in [0.15, 0.2) is 23.1 Å². The summed E-state index contributed by atoms with van der Waals surface area (Å²) in [6, 6.07) is 5.96. The smallest absolute Gasteiger partial charge is 0.0626 e. The van der Waals surface area contributed by atoms with Crippen molar-refractivity contribution in [2.24, 2.45) is 0 Å². The van der Waals surface area contributed by atoms with Gasteiger partial charge in [-0.2, -0.15) is 0 Å². The quantitative estimate of drug-likeness (QED) is 0.902. The summed E-state index contributed by atoms with van der Waals surface area (Å²) in [6.07, 6.45) is 0.898. The predicted molar refractivity (Wildman–Crippen MR) is 68.4 cm³/mol. The van der Waals surface area contributed by atoms with E-state index in [0.717, 1.165) is 23.4 Å². The number of benzene rings is 1. The Hall–Kier alpha value is -0.380. The molecule has 1 heterocycles. The molecule has 3 atom stereocenters. The summed E-state index contributed by atoms with van der Waals surface area (Å²) in [5.74, 6) is 0. The van der Waals surface area contributed by atoms with E-state index in [-0.39, 0.29) is 11.3 Å². The molecule has 4 heteroatoms. The maximum atomic E-state index is 12.3. The van der Waals surface area contributed by atoms with Crippen LogP contribution in [0.4, 0.5) is 0 Å². The first-order valence-corrected chi connectivity index (χ1v) is 7.22. The van der Waals surface area contributed by atoms with Crippen LogP contribution in [-0.2, 0) is 10.8 Å². The molecule has 2 rings (SSSR count). The van der Waals surface area contributed by atoms with Gasteiger partial charge in [-0.25, -0.2) is 0 Å². The normalized spacial score (nSPS) is 28.1. The average molecular weight is 258 g/mol. The molecule has 0 bridgehead atoms. The van der Waals surface area contributed by atoms with E-state index in [4.69, 9.17) is 11.6 Å². The van der Waals surface area contributed by atoms with Gasteiger partial charge < -0.3 is 5.32 Å². The molecule has 0 aliphatic carbocycles. The van der Waals surface area contributed by atoms with Crippen LogP contribution in [0.2, 0.25) is 5.02 Å². The van der Waals surface area contributed by atoms with Gasteiger partial charge in [0.15, 0.2) is 0 Å². The van der Waals surface area contributed by atoms with Crippen LogP contribution in [0.3, 0.4) is 0 Å². The van der Waals surface area contributed by atoms with Crippen molar-refractivity contribution in [3.8, 4) is 0 Å². The third kappa shape index (κ3) is 1.81. The Labute approximate surface area is 104 Å². The molecule has 1 aromatic carbocycles. The van der Waals surface area contributed by atoms with E-state index in [1.54, 1.807) is 0 Å².